The van der Waals surface area contributed by atoms with Crippen LogP contribution in [0.15, 0.2) is 42.5 Å². The number of ether oxygens (including phenoxy) is 1. The summed E-state index contributed by atoms with van der Waals surface area (Å²) in [6.07, 6.45) is 5.65. The van der Waals surface area contributed by atoms with Gasteiger partial charge in [0.15, 0.2) is 0 Å². The van der Waals surface area contributed by atoms with Gasteiger partial charge < -0.3 is 26.0 Å². The van der Waals surface area contributed by atoms with E-state index in [0.29, 0.717) is 22.7 Å². The number of benzene rings is 2. The number of rotatable bonds is 17. The number of carbonyl (C=O) groups is 4. The molecule has 4 N–H and O–H groups in total. The summed E-state index contributed by atoms with van der Waals surface area (Å²) in [5.74, 6) is -1.56. The van der Waals surface area contributed by atoms with Crippen LogP contribution in [0.25, 0.3) is 0 Å². The molecule has 0 heterocycles. The minimum absolute atomic E-state index is 0.0485. The van der Waals surface area contributed by atoms with Crippen molar-refractivity contribution in [1.29, 1.82) is 0 Å². The predicted octanol–water partition coefficient (Wildman–Crippen LogP) is 7.24. The SMILES string of the molecule is CCCCCCCCN(C(=O)C(CCC(N)=O)NC(=O)OC(C)(C)C)C(C(=O)Nc1c(C)cccc1Cl)c1ccc(CC)cc1. The van der Waals surface area contributed by atoms with Crippen LogP contribution in [0.5, 0.6) is 0 Å². The summed E-state index contributed by atoms with van der Waals surface area (Å²) in [6.45, 7) is 11.4. The zero-order valence-electron chi connectivity index (χ0n) is 27.7. The lowest BCUT2D eigenvalue weighted by atomic mass is 9.99. The fraction of sp³-hybridized carbons (Fsp3) is 0.543. The van der Waals surface area contributed by atoms with Crippen LogP contribution in [0.4, 0.5) is 10.5 Å². The monoisotopic (exact) mass is 642 g/mol. The maximum Gasteiger partial charge on any atom is 0.408 e. The van der Waals surface area contributed by atoms with Crippen LogP contribution in [-0.2, 0) is 25.5 Å². The summed E-state index contributed by atoms with van der Waals surface area (Å²) in [4.78, 5) is 54.8. The Bertz CT molecular complexity index is 1260. The van der Waals surface area contributed by atoms with Gasteiger partial charge in [0.2, 0.25) is 11.8 Å². The van der Waals surface area contributed by atoms with Gasteiger partial charge in [-0.1, -0.05) is 94.0 Å². The third kappa shape index (κ3) is 12.7. The molecule has 45 heavy (non-hydrogen) atoms. The molecule has 0 bridgehead atoms. The average Bonchev–Trinajstić information content (AvgIpc) is 2.97. The molecule has 0 saturated carbocycles. The molecule has 0 aromatic heterocycles. The molecule has 2 atom stereocenters. The Balaban J connectivity index is 2.58. The van der Waals surface area contributed by atoms with Crippen LogP contribution < -0.4 is 16.4 Å². The number of amides is 4. The predicted molar refractivity (Wildman–Crippen MR) is 180 cm³/mol. The number of primary amides is 1. The Morgan fingerprint density at radius 3 is 2.18 bits per heavy atom. The van der Waals surface area contributed by atoms with Gasteiger partial charge in [-0.05, 0) is 69.7 Å². The molecule has 248 valence electrons. The minimum Gasteiger partial charge on any atom is -0.444 e. The molecule has 0 spiro atoms. The van der Waals surface area contributed by atoms with E-state index in [-0.39, 0.29) is 19.4 Å². The van der Waals surface area contributed by atoms with E-state index >= 15 is 0 Å². The lowest BCUT2D eigenvalue weighted by Crippen LogP contribution is -2.52. The van der Waals surface area contributed by atoms with Crippen LogP contribution in [0.1, 0.15) is 109 Å². The van der Waals surface area contributed by atoms with E-state index in [0.717, 1.165) is 49.7 Å². The lowest BCUT2D eigenvalue weighted by molar-refractivity contribution is -0.141. The summed E-state index contributed by atoms with van der Waals surface area (Å²) in [5.41, 5.74) is 7.56. The highest BCUT2D eigenvalue weighted by atomic mass is 35.5. The molecule has 0 fully saturated rings. The first kappa shape index (κ1) is 37.6. The maximum absolute atomic E-state index is 14.4. The number of nitrogens with one attached hydrogen (secondary N) is 2. The van der Waals surface area contributed by atoms with Crippen molar-refractivity contribution in [3.63, 3.8) is 0 Å². The first-order valence-corrected chi connectivity index (χ1v) is 16.4. The lowest BCUT2D eigenvalue weighted by Gasteiger charge is -2.35. The minimum atomic E-state index is -1.15. The highest BCUT2D eigenvalue weighted by molar-refractivity contribution is 6.34. The summed E-state index contributed by atoms with van der Waals surface area (Å²) in [7, 11) is 0. The van der Waals surface area contributed by atoms with Gasteiger partial charge >= 0.3 is 6.09 Å². The van der Waals surface area contributed by atoms with Gasteiger partial charge in [0.1, 0.15) is 17.7 Å². The smallest absolute Gasteiger partial charge is 0.408 e. The third-order valence-electron chi connectivity index (χ3n) is 7.44. The number of hydrogen-bond acceptors (Lipinski definition) is 5. The van der Waals surface area contributed by atoms with E-state index in [1.54, 1.807) is 32.9 Å². The first-order chi connectivity index (χ1) is 21.3. The standard InChI is InChI=1S/C35H51ClN4O5/c1-7-9-10-11-12-13-23-40(33(43)28(21-22-29(37)41)38-34(44)45-35(4,5)6)31(26-19-17-25(8-2)18-20-26)32(42)39-30-24(3)15-14-16-27(30)36/h14-20,28,31H,7-13,21-23H2,1-6H3,(H2,37,41)(H,38,44)(H,39,42). The quantitative estimate of drug-likeness (QED) is 0.157. The number of halogens is 1. The molecule has 4 amide bonds. The number of hydrogen-bond donors (Lipinski definition) is 3. The molecular weight excluding hydrogens is 592 g/mol. The number of para-hydroxylation sites is 1. The van der Waals surface area contributed by atoms with Crippen molar-refractivity contribution in [2.24, 2.45) is 5.73 Å². The highest BCUT2D eigenvalue weighted by Gasteiger charge is 2.36. The fourth-order valence-corrected chi connectivity index (χ4v) is 5.28. The van der Waals surface area contributed by atoms with E-state index in [1.807, 2.05) is 44.2 Å². The van der Waals surface area contributed by atoms with Crippen LogP contribution in [0.2, 0.25) is 5.02 Å². The summed E-state index contributed by atoms with van der Waals surface area (Å²) < 4.78 is 5.43. The molecular formula is C35H51ClN4O5. The fourth-order valence-electron chi connectivity index (χ4n) is 5.01. The van der Waals surface area contributed by atoms with Crippen molar-refractivity contribution in [3.8, 4) is 0 Å². The van der Waals surface area contributed by atoms with Gasteiger partial charge in [-0.2, -0.15) is 0 Å². The molecule has 2 aromatic carbocycles. The second-order valence-corrected chi connectivity index (χ2v) is 12.8. The molecule has 0 aliphatic carbocycles. The molecule has 2 aromatic rings. The highest BCUT2D eigenvalue weighted by Crippen LogP contribution is 2.30. The van der Waals surface area contributed by atoms with Crippen LogP contribution >= 0.6 is 11.6 Å². The molecule has 2 rings (SSSR count). The summed E-state index contributed by atoms with van der Waals surface area (Å²) >= 11 is 6.48. The number of alkyl carbamates (subject to hydrolysis) is 1. The molecule has 10 heteroatoms. The number of nitrogens with two attached hydrogens (primary N) is 1. The van der Waals surface area contributed by atoms with Crippen LogP contribution in [-0.4, -0.2) is 46.9 Å². The van der Waals surface area contributed by atoms with Crippen molar-refractivity contribution in [3.05, 3.63) is 64.2 Å². The van der Waals surface area contributed by atoms with E-state index in [9.17, 15) is 19.2 Å². The average molecular weight is 643 g/mol. The van der Waals surface area contributed by atoms with E-state index in [2.05, 4.69) is 17.6 Å². The van der Waals surface area contributed by atoms with E-state index in [1.165, 1.54) is 4.90 Å². The van der Waals surface area contributed by atoms with Crippen molar-refractivity contribution < 1.29 is 23.9 Å². The van der Waals surface area contributed by atoms with Gasteiger partial charge in [-0.3, -0.25) is 14.4 Å². The van der Waals surface area contributed by atoms with Crippen molar-refractivity contribution in [2.75, 3.05) is 11.9 Å². The number of anilines is 1. The van der Waals surface area contributed by atoms with Gasteiger partial charge in [0.05, 0.1) is 10.7 Å². The molecule has 0 aliphatic rings. The second-order valence-electron chi connectivity index (χ2n) is 12.4. The normalized spacial score (nSPS) is 12.6. The van der Waals surface area contributed by atoms with Crippen LogP contribution in [0, 0.1) is 6.92 Å². The zero-order chi connectivity index (χ0) is 33.6. The Hall–Kier alpha value is -3.59. The largest absolute Gasteiger partial charge is 0.444 e. The number of aryl methyl sites for hydroxylation is 2. The third-order valence-corrected chi connectivity index (χ3v) is 7.75. The summed E-state index contributed by atoms with van der Waals surface area (Å²) in [6, 6.07) is 10.7. The topological polar surface area (TPSA) is 131 Å². The Labute approximate surface area is 273 Å². The number of unbranched alkanes of at least 4 members (excludes halogenated alkanes) is 5. The molecule has 2 unspecified atom stereocenters. The number of carbonyl (C=O) groups excluding carboxylic acids is 4. The van der Waals surface area contributed by atoms with E-state index < -0.39 is 41.5 Å². The van der Waals surface area contributed by atoms with Crippen molar-refractivity contribution in [2.45, 2.75) is 117 Å². The Kier molecular flexibility index (Phi) is 15.4. The van der Waals surface area contributed by atoms with Crippen molar-refractivity contribution in [1.82, 2.24) is 10.2 Å². The van der Waals surface area contributed by atoms with Crippen LogP contribution in [0.3, 0.4) is 0 Å². The van der Waals surface area contributed by atoms with Gasteiger partial charge in [0, 0.05) is 13.0 Å². The van der Waals surface area contributed by atoms with Gasteiger partial charge in [-0.25, -0.2) is 4.79 Å². The molecule has 0 saturated heterocycles. The Morgan fingerprint density at radius 1 is 0.956 bits per heavy atom. The zero-order valence-corrected chi connectivity index (χ0v) is 28.5. The maximum atomic E-state index is 14.4. The Morgan fingerprint density at radius 2 is 1.60 bits per heavy atom. The molecule has 9 nitrogen and oxygen atoms in total. The van der Waals surface area contributed by atoms with Gasteiger partial charge in [-0.15, -0.1) is 0 Å². The van der Waals surface area contributed by atoms with E-state index in [4.69, 9.17) is 22.1 Å². The van der Waals surface area contributed by atoms with Gasteiger partial charge in [0.25, 0.3) is 5.91 Å². The first-order valence-electron chi connectivity index (χ1n) is 16.0. The molecule has 0 aliphatic heterocycles. The van der Waals surface area contributed by atoms with Crippen molar-refractivity contribution >= 4 is 41.1 Å². The number of nitrogens with zero attached hydrogens (tertiary/aromatic N) is 1. The summed E-state index contributed by atoms with van der Waals surface area (Å²) in [5, 5.41) is 5.99. The second kappa shape index (κ2) is 18.4. The molecule has 0 radical (unpaired) electrons.